The number of carbonyl (C=O) groups excluding carboxylic acids is 1. The van der Waals surface area contributed by atoms with E-state index in [0.717, 1.165) is 47.7 Å². The van der Waals surface area contributed by atoms with Crippen molar-refractivity contribution in [1.29, 1.82) is 0 Å². The van der Waals surface area contributed by atoms with Gasteiger partial charge in [0, 0.05) is 0 Å². The number of aromatic nitrogens is 2. The van der Waals surface area contributed by atoms with E-state index in [9.17, 15) is 4.79 Å². The molecule has 0 aromatic carbocycles. The minimum atomic E-state index is -0.207. The number of furan rings is 1. The number of hydrogen-bond acceptors (Lipinski definition) is 6. The van der Waals surface area contributed by atoms with E-state index in [4.69, 9.17) is 4.42 Å². The van der Waals surface area contributed by atoms with Crippen LogP contribution in [0.15, 0.2) is 16.5 Å². The van der Waals surface area contributed by atoms with E-state index in [1.165, 1.54) is 24.2 Å². The number of aryl methyl sites for hydroxylation is 1. The van der Waals surface area contributed by atoms with Crippen LogP contribution in [0.4, 0.5) is 0 Å². The average molecular weight is 348 g/mol. The Hall–Kier alpha value is -1.73. The fourth-order valence-corrected chi connectivity index (χ4v) is 3.50. The Morgan fingerprint density at radius 3 is 2.79 bits per heavy atom. The van der Waals surface area contributed by atoms with Gasteiger partial charge in [-0.2, -0.15) is 0 Å². The summed E-state index contributed by atoms with van der Waals surface area (Å²) in [5, 5.41) is 12.7. The van der Waals surface area contributed by atoms with Gasteiger partial charge in [-0.05, 0) is 50.4 Å². The van der Waals surface area contributed by atoms with Crippen LogP contribution >= 0.6 is 11.3 Å². The number of likely N-dealkylation sites (tertiary alicyclic amines) is 1. The molecular formula is C17H24N4O2S. The second-order valence-corrected chi connectivity index (χ2v) is 7.50. The standard InChI is InChI=1S/C17H24N4O2S/c1-3-15-19-20-16(24-15)10-18-17(22)14-5-4-13(23-14)11-21-8-6-12(2)7-9-21/h4-5,12H,3,6-11H2,1-2H3,(H,18,22). The van der Waals surface area contributed by atoms with Crippen molar-refractivity contribution in [2.75, 3.05) is 13.1 Å². The molecule has 0 atom stereocenters. The molecule has 3 heterocycles. The van der Waals surface area contributed by atoms with E-state index >= 15 is 0 Å². The van der Waals surface area contributed by atoms with Gasteiger partial charge in [0.15, 0.2) is 5.76 Å². The van der Waals surface area contributed by atoms with Gasteiger partial charge >= 0.3 is 0 Å². The Bertz CT molecular complexity index is 674. The average Bonchev–Trinajstić information content (AvgIpc) is 3.24. The molecule has 0 aliphatic carbocycles. The molecule has 6 nitrogen and oxygen atoms in total. The van der Waals surface area contributed by atoms with Gasteiger partial charge in [-0.3, -0.25) is 9.69 Å². The third kappa shape index (κ3) is 4.42. The highest BCUT2D eigenvalue weighted by Crippen LogP contribution is 2.19. The second-order valence-electron chi connectivity index (χ2n) is 6.35. The van der Waals surface area contributed by atoms with E-state index in [1.54, 1.807) is 6.07 Å². The molecule has 1 amide bonds. The number of nitrogens with zero attached hydrogens (tertiary/aromatic N) is 3. The maximum atomic E-state index is 12.2. The molecule has 1 aliphatic heterocycles. The Kier molecular flexibility index (Phi) is 5.63. The Morgan fingerprint density at radius 1 is 1.33 bits per heavy atom. The first-order chi connectivity index (χ1) is 11.6. The van der Waals surface area contributed by atoms with E-state index < -0.39 is 0 Å². The van der Waals surface area contributed by atoms with Crippen molar-refractivity contribution in [2.24, 2.45) is 5.92 Å². The quantitative estimate of drug-likeness (QED) is 0.869. The smallest absolute Gasteiger partial charge is 0.287 e. The first-order valence-electron chi connectivity index (χ1n) is 8.54. The number of amides is 1. The first-order valence-corrected chi connectivity index (χ1v) is 9.36. The highest BCUT2D eigenvalue weighted by molar-refractivity contribution is 7.11. The van der Waals surface area contributed by atoms with Crippen LogP contribution in [0.3, 0.4) is 0 Å². The van der Waals surface area contributed by atoms with E-state index in [0.29, 0.717) is 12.3 Å². The molecule has 0 saturated carbocycles. The zero-order valence-corrected chi connectivity index (χ0v) is 15.1. The van der Waals surface area contributed by atoms with Crippen LogP contribution in [0.25, 0.3) is 0 Å². The summed E-state index contributed by atoms with van der Waals surface area (Å²) in [6.07, 6.45) is 3.33. The molecule has 0 bridgehead atoms. The Labute approximate surface area is 146 Å². The molecule has 7 heteroatoms. The minimum Gasteiger partial charge on any atom is -0.455 e. The third-order valence-electron chi connectivity index (χ3n) is 4.35. The van der Waals surface area contributed by atoms with Crippen molar-refractivity contribution in [1.82, 2.24) is 20.4 Å². The number of carbonyl (C=O) groups is 1. The molecule has 0 unspecified atom stereocenters. The van der Waals surface area contributed by atoms with Crippen LogP contribution in [0.2, 0.25) is 0 Å². The summed E-state index contributed by atoms with van der Waals surface area (Å²) in [4.78, 5) is 14.6. The second kappa shape index (κ2) is 7.90. The van der Waals surface area contributed by atoms with E-state index in [-0.39, 0.29) is 5.91 Å². The van der Waals surface area contributed by atoms with Crippen molar-refractivity contribution >= 4 is 17.2 Å². The van der Waals surface area contributed by atoms with Gasteiger partial charge in [-0.15, -0.1) is 10.2 Å². The molecule has 1 saturated heterocycles. The van der Waals surface area contributed by atoms with Gasteiger partial charge in [-0.25, -0.2) is 0 Å². The molecule has 130 valence electrons. The lowest BCUT2D eigenvalue weighted by Crippen LogP contribution is -2.32. The van der Waals surface area contributed by atoms with E-state index in [1.807, 2.05) is 13.0 Å². The normalized spacial score (nSPS) is 16.4. The lowest BCUT2D eigenvalue weighted by atomic mass is 9.99. The number of nitrogens with one attached hydrogen (secondary N) is 1. The zero-order chi connectivity index (χ0) is 16.9. The SMILES string of the molecule is CCc1nnc(CNC(=O)c2ccc(CN3CCC(C)CC3)o2)s1. The zero-order valence-electron chi connectivity index (χ0n) is 14.2. The molecule has 1 fully saturated rings. The van der Waals surface area contributed by atoms with Crippen LogP contribution in [0.5, 0.6) is 0 Å². The summed E-state index contributed by atoms with van der Waals surface area (Å²) in [5.74, 6) is 1.81. The molecule has 2 aromatic heterocycles. The van der Waals surface area contributed by atoms with Crippen LogP contribution < -0.4 is 5.32 Å². The number of piperidine rings is 1. The highest BCUT2D eigenvalue weighted by atomic mass is 32.1. The summed E-state index contributed by atoms with van der Waals surface area (Å²) in [6.45, 7) is 7.69. The van der Waals surface area contributed by atoms with Crippen molar-refractivity contribution in [3.8, 4) is 0 Å². The first kappa shape index (κ1) is 17.1. The van der Waals surface area contributed by atoms with Crippen LogP contribution in [0, 0.1) is 5.92 Å². The largest absolute Gasteiger partial charge is 0.455 e. The van der Waals surface area contributed by atoms with Gasteiger partial charge in [0.25, 0.3) is 5.91 Å². The van der Waals surface area contributed by atoms with Gasteiger partial charge in [0.05, 0.1) is 13.1 Å². The minimum absolute atomic E-state index is 0.207. The van der Waals surface area contributed by atoms with Crippen molar-refractivity contribution in [2.45, 2.75) is 46.2 Å². The number of rotatable bonds is 6. The van der Waals surface area contributed by atoms with Crippen LogP contribution in [-0.2, 0) is 19.5 Å². The summed E-state index contributed by atoms with van der Waals surface area (Å²) in [7, 11) is 0. The molecule has 24 heavy (non-hydrogen) atoms. The van der Waals surface area contributed by atoms with Crippen molar-refractivity contribution in [3.05, 3.63) is 33.7 Å². The molecule has 2 aromatic rings. The molecule has 1 N–H and O–H groups in total. The fourth-order valence-electron chi connectivity index (χ4n) is 2.77. The predicted octanol–water partition coefficient (Wildman–Crippen LogP) is 2.86. The van der Waals surface area contributed by atoms with Crippen LogP contribution in [0.1, 0.15) is 53.0 Å². The van der Waals surface area contributed by atoms with Gasteiger partial charge < -0.3 is 9.73 Å². The predicted molar refractivity (Wildman–Crippen MR) is 92.8 cm³/mol. The summed E-state index contributed by atoms with van der Waals surface area (Å²) in [5.41, 5.74) is 0. The third-order valence-corrected chi connectivity index (χ3v) is 5.42. The summed E-state index contributed by atoms with van der Waals surface area (Å²) >= 11 is 1.52. The molecule has 3 rings (SSSR count). The molecule has 0 spiro atoms. The van der Waals surface area contributed by atoms with Gasteiger partial charge in [0.1, 0.15) is 15.8 Å². The highest BCUT2D eigenvalue weighted by Gasteiger charge is 2.18. The topological polar surface area (TPSA) is 71.3 Å². The monoisotopic (exact) mass is 348 g/mol. The fraction of sp³-hybridized carbons (Fsp3) is 0.588. The molecule has 0 radical (unpaired) electrons. The van der Waals surface area contributed by atoms with Gasteiger partial charge in [-0.1, -0.05) is 25.2 Å². The maximum Gasteiger partial charge on any atom is 0.287 e. The number of hydrogen-bond donors (Lipinski definition) is 1. The van der Waals surface area contributed by atoms with Crippen molar-refractivity contribution < 1.29 is 9.21 Å². The van der Waals surface area contributed by atoms with Crippen molar-refractivity contribution in [3.63, 3.8) is 0 Å². The van der Waals surface area contributed by atoms with Crippen LogP contribution in [-0.4, -0.2) is 34.1 Å². The molecule has 1 aliphatic rings. The Balaban J connectivity index is 1.49. The Morgan fingerprint density at radius 2 is 2.08 bits per heavy atom. The van der Waals surface area contributed by atoms with Gasteiger partial charge in [0.2, 0.25) is 0 Å². The summed E-state index contributed by atoms with van der Waals surface area (Å²) in [6, 6.07) is 3.64. The lowest BCUT2D eigenvalue weighted by Gasteiger charge is -2.29. The lowest BCUT2D eigenvalue weighted by molar-refractivity contribution is 0.0917. The summed E-state index contributed by atoms with van der Waals surface area (Å²) < 4.78 is 5.70. The molecular weight excluding hydrogens is 324 g/mol. The maximum absolute atomic E-state index is 12.2. The van der Waals surface area contributed by atoms with E-state index in [2.05, 4.69) is 27.3 Å².